The van der Waals surface area contributed by atoms with E-state index < -0.39 is 0 Å². The lowest BCUT2D eigenvalue weighted by molar-refractivity contribution is 0.169. The Morgan fingerprint density at radius 3 is 2.83 bits per heavy atom. The molecule has 6 heteroatoms. The number of nitrogens with one attached hydrogen (secondary N) is 1. The number of carbonyl (C=O) groups excluding carboxylic acids is 1. The summed E-state index contributed by atoms with van der Waals surface area (Å²) < 4.78 is 0. The second-order valence-corrected chi connectivity index (χ2v) is 7.23. The molecule has 0 aliphatic carbocycles. The number of nitrogens with zero attached hydrogens (tertiary/aromatic N) is 2. The molecule has 4 nitrogen and oxygen atoms in total. The molecular weight excluding hydrogens is 345 g/mol. The van der Waals surface area contributed by atoms with Crippen molar-refractivity contribution in [2.45, 2.75) is 37.8 Å². The fraction of sp³-hybridized carbons (Fsp3) is 0.333. The fourth-order valence-corrected chi connectivity index (χ4v) is 4.29. The van der Waals surface area contributed by atoms with Gasteiger partial charge in [-0.25, -0.2) is 4.79 Å². The zero-order chi connectivity index (χ0) is 16.8. The van der Waals surface area contributed by atoms with Gasteiger partial charge in [0.2, 0.25) is 0 Å². The monoisotopic (exact) mass is 361 g/mol. The fourth-order valence-electron chi connectivity index (χ4n) is 4.00. The third kappa shape index (κ3) is 2.45. The van der Waals surface area contributed by atoms with Crippen LogP contribution in [0.4, 0.5) is 10.5 Å². The first-order chi connectivity index (χ1) is 11.6. The second-order valence-electron chi connectivity index (χ2n) is 6.42. The van der Waals surface area contributed by atoms with Crippen LogP contribution in [0.5, 0.6) is 0 Å². The first kappa shape index (κ1) is 15.7. The van der Waals surface area contributed by atoms with E-state index in [4.69, 9.17) is 23.2 Å². The van der Waals surface area contributed by atoms with Crippen molar-refractivity contribution in [3.63, 3.8) is 0 Å². The topological polar surface area (TPSA) is 45.2 Å². The van der Waals surface area contributed by atoms with Gasteiger partial charge in [-0.15, -0.1) is 0 Å². The molecule has 2 aliphatic heterocycles. The van der Waals surface area contributed by atoms with E-state index in [0.717, 1.165) is 12.8 Å². The van der Waals surface area contributed by atoms with Crippen LogP contribution in [-0.4, -0.2) is 22.0 Å². The molecule has 3 heterocycles. The quantitative estimate of drug-likeness (QED) is 0.754. The molecule has 3 atom stereocenters. The summed E-state index contributed by atoms with van der Waals surface area (Å²) in [6, 6.07) is 7.40. The molecule has 0 unspecified atom stereocenters. The minimum Gasteiger partial charge on any atom is -0.314 e. The van der Waals surface area contributed by atoms with E-state index in [1.54, 1.807) is 24.4 Å². The summed E-state index contributed by atoms with van der Waals surface area (Å²) in [5, 5.41) is 3.87. The standard InChI is InChI=1S/C18H17Cl2N3O/c1-10-13-9-21-7-6-12(13)17-5-4-16(10)23(17)18(24)22-11-2-3-14(19)15(20)8-11/h2-3,6-10,16-17H,4-5H2,1H3,(H,22,24)/t10-,16-,17+/m0/s1. The van der Waals surface area contributed by atoms with Gasteiger partial charge >= 0.3 is 6.03 Å². The van der Waals surface area contributed by atoms with Gasteiger partial charge < -0.3 is 10.2 Å². The molecule has 1 saturated heterocycles. The largest absolute Gasteiger partial charge is 0.322 e. The number of pyridine rings is 1. The Labute approximate surface area is 150 Å². The molecule has 1 N–H and O–H groups in total. The Bertz CT molecular complexity index is 811. The van der Waals surface area contributed by atoms with Crippen molar-refractivity contribution in [2.75, 3.05) is 5.32 Å². The maximum atomic E-state index is 12.9. The van der Waals surface area contributed by atoms with Crippen LogP contribution in [0.25, 0.3) is 0 Å². The summed E-state index contributed by atoms with van der Waals surface area (Å²) in [5.74, 6) is 0.284. The number of hydrogen-bond donors (Lipinski definition) is 1. The Kier molecular flexibility index (Phi) is 3.89. The molecule has 0 spiro atoms. The molecule has 1 fully saturated rings. The number of rotatable bonds is 1. The van der Waals surface area contributed by atoms with Gasteiger partial charge in [-0.2, -0.15) is 0 Å². The number of amides is 2. The SMILES string of the molecule is C[C@H]1c2cnccc2[C@H]2CC[C@@H]1N2C(=O)Nc1ccc(Cl)c(Cl)c1. The molecule has 24 heavy (non-hydrogen) atoms. The third-order valence-electron chi connectivity index (χ3n) is 5.15. The summed E-state index contributed by atoms with van der Waals surface area (Å²) in [6.45, 7) is 2.17. The Morgan fingerprint density at radius 1 is 1.21 bits per heavy atom. The number of aromatic nitrogens is 1. The van der Waals surface area contributed by atoms with Gasteiger partial charge in [0.15, 0.2) is 0 Å². The van der Waals surface area contributed by atoms with Crippen LogP contribution in [0.15, 0.2) is 36.7 Å². The lowest BCUT2D eigenvalue weighted by Crippen LogP contribution is -2.45. The molecule has 2 bridgehead atoms. The number of fused-ring (bicyclic) bond motifs is 4. The summed E-state index contributed by atoms with van der Waals surface area (Å²) >= 11 is 12.0. The third-order valence-corrected chi connectivity index (χ3v) is 5.89. The molecule has 2 amide bonds. The van der Waals surface area contributed by atoms with Crippen molar-refractivity contribution in [3.05, 3.63) is 57.8 Å². The van der Waals surface area contributed by atoms with Crippen molar-refractivity contribution in [1.29, 1.82) is 0 Å². The normalized spacial score (nSPS) is 24.6. The van der Waals surface area contributed by atoms with Crippen molar-refractivity contribution in [3.8, 4) is 0 Å². The molecular formula is C18H17Cl2N3O. The highest BCUT2D eigenvalue weighted by atomic mass is 35.5. The van der Waals surface area contributed by atoms with Gasteiger partial charge in [0, 0.05) is 30.0 Å². The van der Waals surface area contributed by atoms with Crippen molar-refractivity contribution >= 4 is 34.9 Å². The number of urea groups is 1. The number of benzene rings is 1. The molecule has 2 aromatic rings. The maximum absolute atomic E-state index is 12.9. The van der Waals surface area contributed by atoms with Gasteiger partial charge in [0.1, 0.15) is 0 Å². The van der Waals surface area contributed by atoms with Crippen LogP contribution >= 0.6 is 23.2 Å². The lowest BCUT2D eigenvalue weighted by Gasteiger charge is -2.39. The lowest BCUT2D eigenvalue weighted by atomic mass is 9.86. The first-order valence-electron chi connectivity index (χ1n) is 8.04. The maximum Gasteiger partial charge on any atom is 0.322 e. The molecule has 1 aromatic carbocycles. The molecule has 2 aliphatic rings. The predicted octanol–water partition coefficient (Wildman–Crippen LogP) is 5.24. The van der Waals surface area contributed by atoms with E-state index in [0.29, 0.717) is 15.7 Å². The highest BCUT2D eigenvalue weighted by molar-refractivity contribution is 6.42. The average Bonchev–Trinajstić information content (AvgIpc) is 2.96. The van der Waals surface area contributed by atoms with Crippen LogP contribution in [0.2, 0.25) is 10.0 Å². The zero-order valence-electron chi connectivity index (χ0n) is 13.2. The van der Waals surface area contributed by atoms with Gasteiger partial charge in [0.05, 0.1) is 16.1 Å². The van der Waals surface area contributed by atoms with E-state index in [2.05, 4.69) is 17.2 Å². The summed E-state index contributed by atoms with van der Waals surface area (Å²) in [4.78, 5) is 19.1. The zero-order valence-corrected chi connectivity index (χ0v) is 14.7. The minimum absolute atomic E-state index is 0.0878. The molecule has 4 rings (SSSR count). The molecule has 0 radical (unpaired) electrons. The van der Waals surface area contributed by atoms with E-state index in [1.807, 2.05) is 17.2 Å². The van der Waals surface area contributed by atoms with E-state index >= 15 is 0 Å². The first-order valence-corrected chi connectivity index (χ1v) is 8.80. The Hall–Kier alpha value is -1.78. The molecule has 1 aromatic heterocycles. The van der Waals surface area contributed by atoms with E-state index in [9.17, 15) is 4.79 Å². The Balaban J connectivity index is 1.63. The van der Waals surface area contributed by atoms with Crippen LogP contribution < -0.4 is 5.32 Å². The predicted molar refractivity (Wildman–Crippen MR) is 95.7 cm³/mol. The second kappa shape index (κ2) is 5.94. The number of anilines is 1. The van der Waals surface area contributed by atoms with Crippen LogP contribution in [0, 0.1) is 0 Å². The van der Waals surface area contributed by atoms with Crippen LogP contribution in [0.1, 0.15) is 42.9 Å². The van der Waals surface area contributed by atoms with Crippen LogP contribution in [-0.2, 0) is 0 Å². The highest BCUT2D eigenvalue weighted by Crippen LogP contribution is 2.48. The van der Waals surface area contributed by atoms with Gasteiger partial charge in [0.25, 0.3) is 0 Å². The summed E-state index contributed by atoms with van der Waals surface area (Å²) in [7, 11) is 0. The van der Waals surface area contributed by atoms with Gasteiger partial charge in [-0.1, -0.05) is 30.1 Å². The van der Waals surface area contributed by atoms with Crippen molar-refractivity contribution in [2.24, 2.45) is 0 Å². The van der Waals surface area contributed by atoms with Gasteiger partial charge in [-0.3, -0.25) is 4.98 Å². The van der Waals surface area contributed by atoms with E-state index in [-0.39, 0.29) is 24.0 Å². The molecule has 0 saturated carbocycles. The molecule has 124 valence electrons. The van der Waals surface area contributed by atoms with E-state index in [1.165, 1.54) is 11.1 Å². The van der Waals surface area contributed by atoms with Crippen LogP contribution in [0.3, 0.4) is 0 Å². The Morgan fingerprint density at radius 2 is 2.04 bits per heavy atom. The number of hydrogen-bond acceptors (Lipinski definition) is 2. The highest BCUT2D eigenvalue weighted by Gasteiger charge is 2.46. The van der Waals surface area contributed by atoms with Crippen molar-refractivity contribution < 1.29 is 4.79 Å². The number of carbonyl (C=O) groups is 1. The minimum atomic E-state index is -0.0878. The number of halogens is 2. The summed E-state index contributed by atoms with van der Waals surface area (Å²) in [5.41, 5.74) is 3.14. The average molecular weight is 362 g/mol. The summed E-state index contributed by atoms with van der Waals surface area (Å²) in [6.07, 6.45) is 5.74. The van der Waals surface area contributed by atoms with Crippen molar-refractivity contribution in [1.82, 2.24) is 9.88 Å². The smallest absolute Gasteiger partial charge is 0.314 e. The van der Waals surface area contributed by atoms with Gasteiger partial charge in [-0.05, 0) is 48.2 Å².